The SMILES string of the molecule is CSCCC(NC(=O)C1CCCN1C(=O)C(NC(=O)C(Cc1cnc[nH]1)NC(=O)C(Cc1ccccc1)NC(=O)C(CC(C)C)NC(=O)C(N)Cc1ccccc1)C(C)C)C(=O)NC(C(=O)NC(C(=O)O)C(C)C)C(C)C. The van der Waals surface area contributed by atoms with Crippen LogP contribution in [0.2, 0.25) is 0 Å². The van der Waals surface area contributed by atoms with Gasteiger partial charge in [-0.2, -0.15) is 11.8 Å². The van der Waals surface area contributed by atoms with E-state index in [0.717, 1.165) is 5.56 Å². The van der Waals surface area contributed by atoms with Crippen molar-refractivity contribution in [3.63, 3.8) is 0 Å². The summed E-state index contributed by atoms with van der Waals surface area (Å²) in [6.07, 6.45) is 5.99. The van der Waals surface area contributed by atoms with Crippen LogP contribution >= 0.6 is 11.8 Å². The van der Waals surface area contributed by atoms with Gasteiger partial charge in [-0.1, -0.05) is 116 Å². The topological polar surface area (TPSA) is 316 Å². The van der Waals surface area contributed by atoms with Gasteiger partial charge in [0.25, 0.3) is 0 Å². The summed E-state index contributed by atoms with van der Waals surface area (Å²) in [5, 5.41) is 29.0. The number of carbonyl (C=O) groups is 9. The number of aliphatic carboxylic acids is 1. The van der Waals surface area contributed by atoms with Gasteiger partial charge >= 0.3 is 5.97 Å². The van der Waals surface area contributed by atoms with Crippen LogP contribution in [0.5, 0.6) is 0 Å². The summed E-state index contributed by atoms with van der Waals surface area (Å²) in [4.78, 5) is 133. The molecular formula is C55H81N11O10S. The number of likely N-dealkylation sites (tertiary alicyclic amines) is 1. The van der Waals surface area contributed by atoms with Crippen molar-refractivity contribution in [2.75, 3.05) is 18.6 Å². The summed E-state index contributed by atoms with van der Waals surface area (Å²) in [6, 6.07) is 7.97. The van der Waals surface area contributed by atoms with Crippen molar-refractivity contribution in [1.82, 2.24) is 52.1 Å². The zero-order valence-electron chi connectivity index (χ0n) is 45.8. The minimum absolute atomic E-state index is 0.0111. The second-order valence-electron chi connectivity index (χ2n) is 21.1. The molecule has 1 aliphatic heterocycles. The predicted octanol–water partition coefficient (Wildman–Crippen LogP) is 2.00. The minimum Gasteiger partial charge on any atom is -0.480 e. The van der Waals surface area contributed by atoms with E-state index in [1.165, 1.54) is 29.2 Å². The molecule has 0 spiro atoms. The molecule has 2 heterocycles. The van der Waals surface area contributed by atoms with E-state index in [0.29, 0.717) is 23.4 Å². The van der Waals surface area contributed by atoms with E-state index >= 15 is 0 Å². The van der Waals surface area contributed by atoms with Gasteiger partial charge < -0.3 is 57.9 Å². The Morgan fingerprint density at radius 3 is 1.68 bits per heavy atom. The molecule has 0 aliphatic carbocycles. The van der Waals surface area contributed by atoms with Gasteiger partial charge in [0.1, 0.15) is 48.3 Å². The van der Waals surface area contributed by atoms with E-state index in [9.17, 15) is 48.3 Å². The van der Waals surface area contributed by atoms with Crippen molar-refractivity contribution >= 4 is 65.0 Å². The molecule has 22 heteroatoms. The fourth-order valence-electron chi connectivity index (χ4n) is 8.94. The Morgan fingerprint density at radius 1 is 0.636 bits per heavy atom. The molecule has 3 aromatic rings. The van der Waals surface area contributed by atoms with Crippen LogP contribution in [0.4, 0.5) is 0 Å². The number of carbonyl (C=O) groups excluding carboxylic acids is 8. The zero-order valence-corrected chi connectivity index (χ0v) is 46.6. The van der Waals surface area contributed by atoms with Gasteiger partial charge in [0.2, 0.25) is 47.3 Å². The third-order valence-electron chi connectivity index (χ3n) is 13.3. The van der Waals surface area contributed by atoms with E-state index in [4.69, 9.17) is 5.73 Å². The van der Waals surface area contributed by atoms with Gasteiger partial charge in [-0.05, 0) is 78.9 Å². The molecule has 0 saturated carbocycles. The average Bonchev–Trinajstić information content (AvgIpc) is 4.10. The lowest BCUT2D eigenvalue weighted by molar-refractivity contribution is -0.144. The number of aromatic nitrogens is 2. The fourth-order valence-corrected chi connectivity index (χ4v) is 9.41. The van der Waals surface area contributed by atoms with Crippen molar-refractivity contribution in [2.45, 2.75) is 155 Å². The third-order valence-corrected chi connectivity index (χ3v) is 13.9. The number of amides is 8. The number of carboxylic acids is 1. The highest BCUT2D eigenvalue weighted by atomic mass is 32.2. The lowest BCUT2D eigenvalue weighted by atomic mass is 9.99. The summed E-state index contributed by atoms with van der Waals surface area (Å²) in [5.41, 5.74) is 8.33. The number of imidazole rings is 1. The number of rotatable bonds is 30. The minimum atomic E-state index is -1.32. The van der Waals surface area contributed by atoms with Crippen molar-refractivity contribution in [3.05, 3.63) is 90.0 Å². The zero-order chi connectivity index (χ0) is 56.9. The first-order chi connectivity index (χ1) is 36.5. The Bertz CT molecular complexity index is 2430. The van der Waals surface area contributed by atoms with E-state index in [1.54, 1.807) is 65.8 Å². The Balaban J connectivity index is 1.55. The molecule has 77 heavy (non-hydrogen) atoms. The van der Waals surface area contributed by atoms with Crippen molar-refractivity contribution < 1.29 is 48.3 Å². The van der Waals surface area contributed by atoms with Crippen molar-refractivity contribution in [3.8, 4) is 0 Å². The lowest BCUT2D eigenvalue weighted by Gasteiger charge is -2.32. The standard InChI is InChI=1S/C55H81N11O10S/c1-31(2)25-40(60-47(67)38(56)26-35-17-12-10-13-18-35)49(69)61-41(27-36-19-14-11-15-20-36)50(70)62-42(28-37-29-57-30-58-37)51(71)64-45(33(5)6)54(74)66-23-16-21-43(66)52(72)59-39(22-24-77-9)48(68)63-44(32(3)4)53(73)65-46(34(7)8)55(75)76/h10-15,17-20,29-34,38-46H,16,21-28,56H2,1-9H3,(H,57,58)(H,59,72)(H,60,67)(H,61,69)(H,62,70)(H,63,68)(H,64,71)(H,65,73)(H,75,76). The number of benzene rings is 2. The average molecular weight is 1090 g/mol. The van der Waals surface area contributed by atoms with Crippen molar-refractivity contribution in [2.24, 2.45) is 29.4 Å². The second kappa shape index (κ2) is 30.8. The molecule has 422 valence electrons. The monoisotopic (exact) mass is 1090 g/mol. The Hall–Kier alpha value is -6.81. The first-order valence-electron chi connectivity index (χ1n) is 26.5. The maximum absolute atomic E-state index is 14.6. The summed E-state index contributed by atoms with van der Waals surface area (Å²) in [6.45, 7) is 14.1. The van der Waals surface area contributed by atoms with Crippen LogP contribution in [0.15, 0.2) is 73.2 Å². The molecule has 9 atom stereocenters. The largest absolute Gasteiger partial charge is 0.480 e. The van der Waals surface area contributed by atoms with Crippen molar-refractivity contribution in [1.29, 1.82) is 0 Å². The molecule has 1 saturated heterocycles. The van der Waals surface area contributed by atoms with Gasteiger partial charge in [0.05, 0.1) is 12.4 Å². The number of aromatic amines is 1. The van der Waals surface area contributed by atoms with Gasteiger partial charge in [0, 0.05) is 31.3 Å². The van der Waals surface area contributed by atoms with Crippen LogP contribution in [-0.4, -0.2) is 146 Å². The molecule has 8 amide bonds. The third kappa shape index (κ3) is 19.6. The quantitative estimate of drug-likeness (QED) is 0.0458. The second-order valence-corrected chi connectivity index (χ2v) is 22.1. The van der Waals surface area contributed by atoms with Gasteiger partial charge in [-0.3, -0.25) is 38.4 Å². The van der Waals surface area contributed by atoms with Crippen LogP contribution in [0.25, 0.3) is 0 Å². The van der Waals surface area contributed by atoms with E-state index in [-0.39, 0.29) is 51.0 Å². The molecule has 4 rings (SSSR count). The van der Waals surface area contributed by atoms with E-state index in [1.807, 2.05) is 56.5 Å². The highest BCUT2D eigenvalue weighted by Gasteiger charge is 2.41. The van der Waals surface area contributed by atoms with Crippen LogP contribution in [-0.2, 0) is 62.4 Å². The number of carboxylic acid groups (broad SMARTS) is 1. The maximum Gasteiger partial charge on any atom is 0.326 e. The number of nitrogens with zero attached hydrogens (tertiary/aromatic N) is 2. The Kier molecular flexibility index (Phi) is 25.1. The summed E-state index contributed by atoms with van der Waals surface area (Å²) < 4.78 is 0. The predicted molar refractivity (Wildman–Crippen MR) is 293 cm³/mol. The summed E-state index contributed by atoms with van der Waals surface area (Å²) >= 11 is 1.44. The highest BCUT2D eigenvalue weighted by molar-refractivity contribution is 7.98. The highest BCUT2D eigenvalue weighted by Crippen LogP contribution is 2.22. The molecule has 1 aliphatic rings. The molecule has 1 aromatic heterocycles. The molecule has 21 nitrogen and oxygen atoms in total. The van der Waals surface area contributed by atoms with Gasteiger partial charge in [-0.15, -0.1) is 0 Å². The maximum atomic E-state index is 14.6. The number of thioether (sulfide) groups is 1. The van der Waals surface area contributed by atoms with Crippen LogP contribution in [0.3, 0.4) is 0 Å². The number of H-pyrrole nitrogens is 1. The summed E-state index contributed by atoms with van der Waals surface area (Å²) in [7, 11) is 0. The number of nitrogens with two attached hydrogens (primary N) is 1. The molecule has 0 bridgehead atoms. The van der Waals surface area contributed by atoms with E-state index < -0.39 is 125 Å². The normalized spacial score (nSPS) is 16.5. The van der Waals surface area contributed by atoms with Crippen LogP contribution < -0.4 is 43.0 Å². The Labute approximate surface area is 456 Å². The van der Waals surface area contributed by atoms with E-state index in [2.05, 4.69) is 47.2 Å². The van der Waals surface area contributed by atoms with Crippen LogP contribution in [0, 0.1) is 23.7 Å². The van der Waals surface area contributed by atoms with Crippen LogP contribution in [0.1, 0.15) is 97.9 Å². The smallest absolute Gasteiger partial charge is 0.326 e. The van der Waals surface area contributed by atoms with Gasteiger partial charge in [0.15, 0.2) is 0 Å². The fraction of sp³-hybridized carbons (Fsp3) is 0.564. The molecule has 2 aromatic carbocycles. The number of hydrogen-bond acceptors (Lipinski definition) is 12. The Morgan fingerprint density at radius 2 is 1.14 bits per heavy atom. The number of nitrogens with one attached hydrogen (secondary N) is 8. The molecular weight excluding hydrogens is 1010 g/mol. The molecule has 9 unspecified atom stereocenters. The lowest BCUT2D eigenvalue weighted by Crippen LogP contribution is -2.61. The first kappa shape index (κ1) is 62.7. The number of hydrogen-bond donors (Lipinski definition) is 10. The molecule has 11 N–H and O–H groups in total. The molecule has 0 radical (unpaired) electrons. The molecule has 1 fully saturated rings. The summed E-state index contributed by atoms with van der Waals surface area (Å²) in [5.74, 6) is -7.34. The first-order valence-corrected chi connectivity index (χ1v) is 27.9. The van der Waals surface area contributed by atoms with Gasteiger partial charge in [-0.25, -0.2) is 9.78 Å².